The molecule has 0 saturated carbocycles. The van der Waals surface area contributed by atoms with Gasteiger partial charge in [0.25, 0.3) is 5.09 Å². The van der Waals surface area contributed by atoms with E-state index in [0.29, 0.717) is 0 Å². The normalized spacial score (nSPS) is 7.45. The molecule has 60 valence electrons. The molecule has 0 aromatic heterocycles. The Kier molecular flexibility index (Phi) is 26.1. The molecule has 8 nitrogen and oxygen atoms in total. The van der Waals surface area contributed by atoms with E-state index in [4.69, 9.17) is 32.8 Å². The van der Waals surface area contributed by atoms with Crippen LogP contribution in [0.5, 0.6) is 0 Å². The van der Waals surface area contributed by atoms with Gasteiger partial charge in [0.15, 0.2) is 0 Å². The van der Waals surface area contributed by atoms with Gasteiger partial charge in [-0.25, -0.2) is 0 Å². The predicted molar refractivity (Wildman–Crippen MR) is 25.2 cm³/mol. The number of hydrogen-bond acceptors (Lipinski definition) is 4. The van der Waals surface area contributed by atoms with Crippen molar-refractivity contribution in [3.63, 3.8) is 0 Å². The smallest absolute Gasteiger partial charge is 1.00 e. The zero-order chi connectivity index (χ0) is 8.08. The predicted octanol–water partition coefficient (Wildman–Crippen LogP) is -6.77. The van der Waals surface area contributed by atoms with Gasteiger partial charge < -0.3 is 8.06 Å². The van der Waals surface area contributed by atoms with Crippen LogP contribution in [0.25, 0.3) is 0 Å². The van der Waals surface area contributed by atoms with Crippen molar-refractivity contribution >= 4 is 10.4 Å². The maximum atomic E-state index is 8.74. The third kappa shape index (κ3) is 241. The van der Waals surface area contributed by atoms with Crippen LogP contribution in [0.1, 0.15) is 2.85 Å². The van der Waals surface area contributed by atoms with Gasteiger partial charge in [0.05, 0.1) is 0 Å². The summed E-state index contributed by atoms with van der Waals surface area (Å²) in [5, 5.41) is 13.6. The van der Waals surface area contributed by atoms with E-state index in [2.05, 4.69) is 0 Å². The van der Waals surface area contributed by atoms with Crippen LogP contribution in [0, 0.1) is 10.1 Å². The topological polar surface area (TPSA) is 138 Å². The molecular formula is H5K2NO7S. The van der Waals surface area contributed by atoms with Gasteiger partial charge >= 0.3 is 113 Å². The van der Waals surface area contributed by atoms with Gasteiger partial charge in [-0.05, 0) is 0 Å². The number of hydrogen-bond donors (Lipinski definition) is 3. The zero-order valence-corrected chi connectivity index (χ0v) is 12.9. The van der Waals surface area contributed by atoms with Crippen LogP contribution in [0.2, 0.25) is 0 Å². The Hall–Kier alpha value is 2.34. The van der Waals surface area contributed by atoms with Crippen molar-refractivity contribution in [2.75, 3.05) is 0 Å². The summed E-state index contributed by atoms with van der Waals surface area (Å²) < 4.78 is 31.6. The first-order chi connectivity index (χ1) is 3.73. The molecule has 0 unspecified atom stereocenters. The summed E-state index contributed by atoms with van der Waals surface area (Å²) in [6.07, 6.45) is 0. The molecule has 0 atom stereocenters. The third-order valence-electron chi connectivity index (χ3n) is 0. The molecule has 3 N–H and O–H groups in total. The fraction of sp³-hybridized carbons (Fsp3) is 0. The first kappa shape index (κ1) is 23.3. The third-order valence-corrected chi connectivity index (χ3v) is 0. The second-order valence-electron chi connectivity index (χ2n) is 0.686. The zero-order valence-electron chi connectivity index (χ0n) is 7.83. The van der Waals surface area contributed by atoms with Crippen molar-refractivity contribution < 1.29 is 133 Å². The summed E-state index contributed by atoms with van der Waals surface area (Å²) in [4.78, 5) is 8.36. The van der Waals surface area contributed by atoms with Crippen LogP contribution < -0.4 is 103 Å². The second-order valence-corrected chi connectivity index (χ2v) is 1.58. The molecule has 0 saturated heterocycles. The van der Waals surface area contributed by atoms with Crippen molar-refractivity contribution in [3.8, 4) is 0 Å². The van der Waals surface area contributed by atoms with E-state index in [9.17, 15) is 0 Å². The molecule has 11 heavy (non-hydrogen) atoms. The maximum absolute atomic E-state index is 8.74. The van der Waals surface area contributed by atoms with Crippen molar-refractivity contribution in [1.82, 2.24) is 0 Å². The molecule has 0 rings (SSSR count). The summed E-state index contributed by atoms with van der Waals surface area (Å²) in [6, 6.07) is 0. The first-order valence-electron chi connectivity index (χ1n) is 1.26. The van der Waals surface area contributed by atoms with Gasteiger partial charge in [-0.3, -0.25) is 9.11 Å². The van der Waals surface area contributed by atoms with Crippen LogP contribution in [0.15, 0.2) is 0 Å². The van der Waals surface area contributed by atoms with Crippen molar-refractivity contribution in [3.05, 3.63) is 10.1 Å². The molecule has 0 bridgehead atoms. The van der Waals surface area contributed by atoms with Gasteiger partial charge in [-0.2, -0.15) is 8.42 Å². The standard InChI is InChI=1S/2K.HNO3.H2O4S.2H/c;;2-1(3)4;1-5(2,3)4;;/h;;(H,2,3,4);(H2,1,2,3,4);;/q2*+1;;;2*-1. The fourth-order valence-electron chi connectivity index (χ4n) is 0. The molecule has 0 aliphatic carbocycles. The number of rotatable bonds is 0. The molecule has 0 radical (unpaired) electrons. The van der Waals surface area contributed by atoms with E-state index in [1.54, 1.807) is 0 Å². The molecule has 0 aliphatic rings. The Morgan fingerprint density at radius 2 is 1.27 bits per heavy atom. The van der Waals surface area contributed by atoms with Gasteiger partial charge in [0.2, 0.25) is 0 Å². The van der Waals surface area contributed by atoms with Gasteiger partial charge in [0.1, 0.15) is 0 Å². The Balaban J connectivity index is -0.0000000146. The van der Waals surface area contributed by atoms with Crippen LogP contribution in [-0.4, -0.2) is 27.8 Å². The summed E-state index contributed by atoms with van der Waals surface area (Å²) >= 11 is 0. The molecule has 0 aliphatic heterocycles. The van der Waals surface area contributed by atoms with Crippen molar-refractivity contribution in [1.29, 1.82) is 0 Å². The van der Waals surface area contributed by atoms with Crippen LogP contribution in [-0.2, 0) is 10.4 Å². The Morgan fingerprint density at radius 1 is 1.27 bits per heavy atom. The van der Waals surface area contributed by atoms with Gasteiger partial charge in [-0.1, -0.05) is 0 Å². The number of nitrogens with zero attached hydrogens (tertiary/aromatic N) is 1. The fourth-order valence-corrected chi connectivity index (χ4v) is 0. The summed E-state index contributed by atoms with van der Waals surface area (Å²) in [5.41, 5.74) is 0. The van der Waals surface area contributed by atoms with Gasteiger partial charge in [0, 0.05) is 0 Å². The van der Waals surface area contributed by atoms with E-state index >= 15 is 0 Å². The molecule has 0 spiro atoms. The van der Waals surface area contributed by atoms with Crippen molar-refractivity contribution in [2.45, 2.75) is 0 Å². The largest absolute Gasteiger partial charge is 1.00 e. The minimum Gasteiger partial charge on any atom is -1.00 e. The first-order valence-corrected chi connectivity index (χ1v) is 2.66. The summed E-state index contributed by atoms with van der Waals surface area (Å²) in [6.45, 7) is 0. The Bertz CT molecular complexity index is 167. The minimum absolute atomic E-state index is 0. The van der Waals surface area contributed by atoms with Crippen molar-refractivity contribution in [2.24, 2.45) is 0 Å². The Labute approximate surface area is 150 Å². The van der Waals surface area contributed by atoms with Crippen LogP contribution in [0.3, 0.4) is 0 Å². The summed E-state index contributed by atoms with van der Waals surface area (Å²) in [5.74, 6) is 0. The molecule has 0 aromatic rings. The average molecular weight is 241 g/mol. The summed E-state index contributed by atoms with van der Waals surface area (Å²) in [7, 11) is -4.67. The van der Waals surface area contributed by atoms with Gasteiger partial charge in [-0.15, -0.1) is 10.1 Å². The van der Waals surface area contributed by atoms with Crippen LogP contribution >= 0.6 is 0 Å². The quantitative estimate of drug-likeness (QED) is 0.166. The minimum atomic E-state index is -4.67. The molecule has 0 amide bonds. The molecule has 0 fully saturated rings. The van der Waals surface area contributed by atoms with E-state index < -0.39 is 15.5 Å². The molecule has 0 heterocycles. The SMILES string of the molecule is O=S(=O)(O)O.O=[N+]([O-])O.[H-].[H-].[K+].[K+]. The second kappa shape index (κ2) is 12.3. The molecular weight excluding hydrogens is 236 g/mol. The average Bonchev–Trinajstić information content (AvgIpc) is 1.19. The van der Waals surface area contributed by atoms with E-state index in [-0.39, 0.29) is 106 Å². The van der Waals surface area contributed by atoms with E-state index in [1.165, 1.54) is 0 Å². The maximum Gasteiger partial charge on any atom is 1.00 e. The molecule has 0 aromatic carbocycles. The van der Waals surface area contributed by atoms with E-state index in [0.717, 1.165) is 0 Å². The van der Waals surface area contributed by atoms with E-state index in [1.807, 2.05) is 0 Å². The molecule has 11 heteroatoms. The van der Waals surface area contributed by atoms with Crippen LogP contribution in [0.4, 0.5) is 0 Å². The monoisotopic (exact) mass is 241 g/mol. The Morgan fingerprint density at radius 3 is 1.27 bits per heavy atom.